The summed E-state index contributed by atoms with van der Waals surface area (Å²) in [6, 6.07) is 7.73. The molecule has 0 aliphatic carbocycles. The first-order valence-electron chi connectivity index (χ1n) is 5.16. The van der Waals surface area contributed by atoms with Crippen molar-refractivity contribution in [2.75, 3.05) is 17.6 Å². The molecular formula is C11H12ClN3S2. The van der Waals surface area contributed by atoms with Gasteiger partial charge in [-0.05, 0) is 25.1 Å². The highest BCUT2D eigenvalue weighted by atomic mass is 35.5. The molecule has 2 rings (SSSR count). The maximum absolute atomic E-state index is 5.89. The predicted octanol–water partition coefficient (Wildman–Crippen LogP) is 3.70. The van der Waals surface area contributed by atoms with Gasteiger partial charge in [0.2, 0.25) is 0 Å². The molecule has 17 heavy (non-hydrogen) atoms. The fourth-order valence-electron chi connectivity index (χ4n) is 1.27. The molecule has 0 unspecified atom stereocenters. The molecule has 0 radical (unpaired) electrons. The maximum Gasteiger partial charge on any atom is 0.174 e. The molecule has 6 heteroatoms. The topological polar surface area (TPSA) is 37.8 Å². The maximum atomic E-state index is 5.89. The third kappa shape index (κ3) is 4.18. The lowest BCUT2D eigenvalue weighted by molar-refractivity contribution is 0.983. The molecule has 0 saturated carbocycles. The summed E-state index contributed by atoms with van der Waals surface area (Å²) in [6.45, 7) is 2.84. The lowest BCUT2D eigenvalue weighted by Gasteiger charge is -2.05. The summed E-state index contributed by atoms with van der Waals surface area (Å²) in [5.74, 6) is 0.959. The number of benzene rings is 1. The van der Waals surface area contributed by atoms with Crippen LogP contribution in [-0.2, 0) is 0 Å². The Bertz CT molecular complexity index is 487. The van der Waals surface area contributed by atoms with Crippen molar-refractivity contribution in [2.24, 2.45) is 0 Å². The van der Waals surface area contributed by atoms with Crippen LogP contribution in [0.2, 0.25) is 5.02 Å². The van der Waals surface area contributed by atoms with E-state index in [1.54, 1.807) is 23.1 Å². The normalized spacial score (nSPS) is 10.5. The summed E-state index contributed by atoms with van der Waals surface area (Å²) < 4.78 is 1.02. The van der Waals surface area contributed by atoms with Gasteiger partial charge in [-0.15, -0.1) is 10.2 Å². The Morgan fingerprint density at radius 2 is 2.29 bits per heavy atom. The van der Waals surface area contributed by atoms with Gasteiger partial charge in [0.1, 0.15) is 5.01 Å². The van der Waals surface area contributed by atoms with E-state index in [-0.39, 0.29) is 0 Å². The van der Waals surface area contributed by atoms with Gasteiger partial charge in [0.25, 0.3) is 0 Å². The first-order valence-corrected chi connectivity index (χ1v) is 7.34. The number of thioether (sulfide) groups is 1. The van der Waals surface area contributed by atoms with Gasteiger partial charge in [-0.2, -0.15) is 0 Å². The second kappa shape index (κ2) is 6.23. The van der Waals surface area contributed by atoms with Gasteiger partial charge in [0, 0.05) is 23.0 Å². The number of hydrogen-bond acceptors (Lipinski definition) is 5. The van der Waals surface area contributed by atoms with Crippen LogP contribution in [0.4, 0.5) is 5.69 Å². The highest BCUT2D eigenvalue weighted by Crippen LogP contribution is 2.21. The molecule has 0 atom stereocenters. The summed E-state index contributed by atoms with van der Waals surface area (Å²) >= 11 is 9.24. The standard InChI is InChI=1S/C11H12ClN3S2/c1-8-14-15-11(17-8)16-6-5-13-10-4-2-3-9(12)7-10/h2-4,7,13H,5-6H2,1H3. The molecule has 1 heterocycles. The quantitative estimate of drug-likeness (QED) is 0.671. The summed E-state index contributed by atoms with van der Waals surface area (Å²) in [6.07, 6.45) is 0. The molecule has 1 N–H and O–H groups in total. The van der Waals surface area contributed by atoms with Crippen molar-refractivity contribution in [1.29, 1.82) is 0 Å². The second-order valence-electron chi connectivity index (χ2n) is 3.37. The Morgan fingerprint density at radius 1 is 1.41 bits per heavy atom. The number of rotatable bonds is 5. The summed E-state index contributed by atoms with van der Waals surface area (Å²) in [7, 11) is 0. The largest absolute Gasteiger partial charge is 0.384 e. The van der Waals surface area contributed by atoms with Gasteiger partial charge in [0.15, 0.2) is 4.34 Å². The Morgan fingerprint density at radius 3 is 3.00 bits per heavy atom. The Kier molecular flexibility index (Phi) is 4.65. The Labute approximate surface area is 114 Å². The van der Waals surface area contributed by atoms with E-state index in [4.69, 9.17) is 11.6 Å². The van der Waals surface area contributed by atoms with Crippen LogP contribution in [0, 0.1) is 6.92 Å². The number of nitrogens with one attached hydrogen (secondary N) is 1. The fraction of sp³-hybridized carbons (Fsp3) is 0.273. The molecule has 90 valence electrons. The molecule has 0 saturated heterocycles. The lowest BCUT2D eigenvalue weighted by Crippen LogP contribution is -2.03. The van der Waals surface area contributed by atoms with Crippen LogP contribution in [0.15, 0.2) is 28.6 Å². The zero-order valence-electron chi connectivity index (χ0n) is 9.31. The number of hydrogen-bond donors (Lipinski definition) is 1. The minimum Gasteiger partial charge on any atom is -0.384 e. The number of nitrogens with zero attached hydrogens (tertiary/aromatic N) is 2. The van der Waals surface area contributed by atoms with E-state index in [2.05, 4.69) is 15.5 Å². The first-order chi connectivity index (χ1) is 8.24. The minimum atomic E-state index is 0.752. The Balaban J connectivity index is 1.73. The van der Waals surface area contributed by atoms with Crippen LogP contribution in [0.1, 0.15) is 5.01 Å². The number of halogens is 1. The molecule has 2 aromatic rings. The zero-order valence-corrected chi connectivity index (χ0v) is 11.7. The number of aryl methyl sites for hydroxylation is 1. The van der Waals surface area contributed by atoms with Crippen molar-refractivity contribution in [2.45, 2.75) is 11.3 Å². The predicted molar refractivity (Wildman–Crippen MR) is 75.3 cm³/mol. The number of aromatic nitrogens is 2. The van der Waals surface area contributed by atoms with E-state index in [1.807, 2.05) is 31.2 Å². The van der Waals surface area contributed by atoms with Gasteiger partial charge in [0.05, 0.1) is 0 Å². The van der Waals surface area contributed by atoms with Gasteiger partial charge in [-0.1, -0.05) is 40.8 Å². The van der Waals surface area contributed by atoms with Gasteiger partial charge >= 0.3 is 0 Å². The molecule has 0 aliphatic rings. The monoisotopic (exact) mass is 285 g/mol. The molecule has 0 aliphatic heterocycles. The number of anilines is 1. The van der Waals surface area contributed by atoms with Gasteiger partial charge < -0.3 is 5.32 Å². The van der Waals surface area contributed by atoms with Crippen molar-refractivity contribution in [3.8, 4) is 0 Å². The lowest BCUT2D eigenvalue weighted by atomic mass is 10.3. The zero-order chi connectivity index (χ0) is 12.1. The average Bonchev–Trinajstić information content (AvgIpc) is 2.71. The molecule has 1 aromatic heterocycles. The van der Waals surface area contributed by atoms with Gasteiger partial charge in [-0.25, -0.2) is 0 Å². The minimum absolute atomic E-state index is 0.752. The van der Waals surface area contributed by atoms with Crippen molar-refractivity contribution in [3.63, 3.8) is 0 Å². The van der Waals surface area contributed by atoms with E-state index in [1.165, 1.54) is 0 Å². The Hall–Kier alpha value is -0.780. The van der Waals surface area contributed by atoms with E-state index in [0.717, 1.165) is 32.4 Å². The van der Waals surface area contributed by atoms with Crippen molar-refractivity contribution in [1.82, 2.24) is 10.2 Å². The van der Waals surface area contributed by atoms with Crippen molar-refractivity contribution < 1.29 is 0 Å². The smallest absolute Gasteiger partial charge is 0.174 e. The fourth-order valence-corrected chi connectivity index (χ4v) is 3.20. The first kappa shape index (κ1) is 12.7. The summed E-state index contributed by atoms with van der Waals surface area (Å²) in [4.78, 5) is 0. The molecule has 3 nitrogen and oxygen atoms in total. The summed E-state index contributed by atoms with van der Waals surface area (Å²) in [5, 5.41) is 13.1. The van der Waals surface area contributed by atoms with Gasteiger partial charge in [-0.3, -0.25) is 0 Å². The second-order valence-corrected chi connectivity index (χ2v) is 6.33. The summed E-state index contributed by atoms with van der Waals surface area (Å²) in [5.41, 5.74) is 1.05. The third-order valence-corrected chi connectivity index (χ3v) is 4.20. The van der Waals surface area contributed by atoms with E-state index in [0.29, 0.717) is 0 Å². The highest BCUT2D eigenvalue weighted by Gasteiger charge is 2.00. The molecule has 1 aromatic carbocycles. The van der Waals surface area contributed by atoms with E-state index >= 15 is 0 Å². The van der Waals surface area contributed by atoms with Crippen LogP contribution in [0.25, 0.3) is 0 Å². The van der Waals surface area contributed by atoms with Crippen LogP contribution in [-0.4, -0.2) is 22.5 Å². The van der Waals surface area contributed by atoms with Crippen LogP contribution < -0.4 is 5.32 Å². The van der Waals surface area contributed by atoms with Crippen LogP contribution in [0.5, 0.6) is 0 Å². The van der Waals surface area contributed by atoms with Crippen LogP contribution >= 0.6 is 34.7 Å². The molecular weight excluding hydrogens is 274 g/mol. The van der Waals surface area contributed by atoms with E-state index in [9.17, 15) is 0 Å². The van der Waals surface area contributed by atoms with Crippen molar-refractivity contribution in [3.05, 3.63) is 34.3 Å². The highest BCUT2D eigenvalue weighted by molar-refractivity contribution is 8.01. The SMILES string of the molecule is Cc1nnc(SCCNc2cccc(Cl)c2)s1. The average molecular weight is 286 g/mol. The van der Waals surface area contributed by atoms with Crippen LogP contribution in [0.3, 0.4) is 0 Å². The molecule has 0 bridgehead atoms. The molecule has 0 amide bonds. The third-order valence-electron chi connectivity index (χ3n) is 1.99. The van der Waals surface area contributed by atoms with E-state index < -0.39 is 0 Å². The molecule has 0 fully saturated rings. The molecule has 0 spiro atoms. The van der Waals surface area contributed by atoms with Crippen molar-refractivity contribution >= 4 is 40.4 Å².